The van der Waals surface area contributed by atoms with Gasteiger partial charge in [-0.15, -0.1) is 0 Å². The van der Waals surface area contributed by atoms with Crippen LogP contribution in [-0.2, 0) is 11.8 Å². The van der Waals surface area contributed by atoms with Crippen molar-refractivity contribution in [3.8, 4) is 0 Å². The molecule has 0 unspecified atom stereocenters. The molecule has 0 radical (unpaired) electrons. The molecule has 2 aromatic carbocycles. The highest BCUT2D eigenvalue weighted by molar-refractivity contribution is 9.10. The lowest BCUT2D eigenvalue weighted by Crippen LogP contribution is -2.25. The van der Waals surface area contributed by atoms with Crippen LogP contribution in [0.15, 0.2) is 53.0 Å². The number of cyclic esters (lactones) is 1. The van der Waals surface area contributed by atoms with Gasteiger partial charge in [0, 0.05) is 18.0 Å². The van der Waals surface area contributed by atoms with E-state index in [9.17, 15) is 9.59 Å². The molecule has 3 aromatic rings. The summed E-state index contributed by atoms with van der Waals surface area (Å²) in [7, 11) is 1.85. The number of para-hydroxylation sites is 3. The highest BCUT2D eigenvalue weighted by Crippen LogP contribution is 2.32. The molecule has 26 heavy (non-hydrogen) atoms. The minimum absolute atomic E-state index is 0.254. The second-order valence-electron chi connectivity index (χ2n) is 5.98. The zero-order valence-electron chi connectivity index (χ0n) is 14.0. The lowest BCUT2D eigenvalue weighted by atomic mass is 10.2. The quantitative estimate of drug-likeness (QED) is 0.701. The van der Waals surface area contributed by atoms with Gasteiger partial charge in [-0.05, 0) is 34.1 Å². The van der Waals surface area contributed by atoms with Crippen LogP contribution in [0.25, 0.3) is 10.9 Å². The van der Waals surface area contributed by atoms with Crippen molar-refractivity contribution >= 4 is 50.2 Å². The molecule has 1 aliphatic rings. The number of fused-ring (bicyclic) bond motifs is 1. The van der Waals surface area contributed by atoms with Crippen molar-refractivity contribution in [2.75, 3.05) is 23.4 Å². The molecule has 132 valence electrons. The Morgan fingerprint density at radius 2 is 1.88 bits per heavy atom. The Labute approximate surface area is 158 Å². The molecule has 1 saturated heterocycles. The van der Waals surface area contributed by atoms with Crippen molar-refractivity contribution < 1.29 is 14.3 Å². The molecule has 1 N–H and O–H groups in total. The van der Waals surface area contributed by atoms with E-state index in [4.69, 9.17) is 4.74 Å². The van der Waals surface area contributed by atoms with Gasteiger partial charge in [0.15, 0.2) is 0 Å². The predicted molar refractivity (Wildman–Crippen MR) is 104 cm³/mol. The van der Waals surface area contributed by atoms with E-state index in [0.717, 1.165) is 15.4 Å². The Hall–Kier alpha value is -2.80. The summed E-state index contributed by atoms with van der Waals surface area (Å²) in [5, 5.41) is 3.90. The predicted octanol–water partition coefficient (Wildman–Crippen LogP) is 4.15. The molecule has 0 bridgehead atoms. The van der Waals surface area contributed by atoms with Crippen LogP contribution in [0, 0.1) is 0 Å². The first kappa shape index (κ1) is 16.7. The van der Waals surface area contributed by atoms with Crippen LogP contribution >= 0.6 is 15.9 Å². The number of nitrogens with one attached hydrogen (secondary N) is 1. The Morgan fingerprint density at radius 1 is 1.15 bits per heavy atom. The van der Waals surface area contributed by atoms with E-state index >= 15 is 0 Å². The lowest BCUT2D eigenvalue weighted by Gasteiger charge is -2.18. The summed E-state index contributed by atoms with van der Waals surface area (Å²) in [6.07, 6.45) is -0.405. The number of benzene rings is 2. The van der Waals surface area contributed by atoms with E-state index in [1.54, 1.807) is 12.1 Å². The molecule has 2 amide bonds. The number of hydrogen-bond acceptors (Lipinski definition) is 3. The zero-order chi connectivity index (χ0) is 18.3. The third-order valence-electron chi connectivity index (χ3n) is 4.46. The SMILES string of the molecule is Cn1c(C(=O)Nc2ccccc2N2CCOC2=O)c(Br)c2ccccc21. The van der Waals surface area contributed by atoms with Crippen molar-refractivity contribution in [1.29, 1.82) is 0 Å². The molecule has 0 spiro atoms. The van der Waals surface area contributed by atoms with Gasteiger partial charge in [-0.25, -0.2) is 4.79 Å². The summed E-state index contributed by atoms with van der Waals surface area (Å²) in [5.74, 6) is -0.254. The van der Waals surface area contributed by atoms with Gasteiger partial charge in [0.25, 0.3) is 5.91 Å². The number of halogens is 1. The Kier molecular flexibility index (Phi) is 4.16. The summed E-state index contributed by atoms with van der Waals surface area (Å²) >= 11 is 3.54. The van der Waals surface area contributed by atoms with Crippen LogP contribution in [0.5, 0.6) is 0 Å². The van der Waals surface area contributed by atoms with E-state index in [2.05, 4.69) is 21.2 Å². The number of aromatic nitrogens is 1. The van der Waals surface area contributed by atoms with E-state index in [-0.39, 0.29) is 5.91 Å². The number of nitrogens with zero attached hydrogens (tertiary/aromatic N) is 2. The second-order valence-corrected chi connectivity index (χ2v) is 6.77. The van der Waals surface area contributed by atoms with Crippen molar-refractivity contribution in [2.24, 2.45) is 7.05 Å². The summed E-state index contributed by atoms with van der Waals surface area (Å²) < 4.78 is 7.60. The maximum Gasteiger partial charge on any atom is 0.414 e. The molecule has 4 rings (SSSR count). The average molecular weight is 414 g/mol. The van der Waals surface area contributed by atoms with Crippen LogP contribution in [0.4, 0.5) is 16.2 Å². The monoisotopic (exact) mass is 413 g/mol. The summed E-state index contributed by atoms with van der Waals surface area (Å²) in [6, 6.07) is 15.0. The van der Waals surface area contributed by atoms with Crippen molar-refractivity contribution in [3.05, 3.63) is 58.7 Å². The van der Waals surface area contributed by atoms with Crippen LogP contribution in [0.2, 0.25) is 0 Å². The standard InChI is InChI=1S/C19H16BrN3O3/c1-22-14-8-4-2-6-12(14)16(20)17(22)18(24)21-13-7-3-5-9-15(13)23-10-11-26-19(23)25/h2-9H,10-11H2,1H3,(H,21,24). The number of hydrogen-bond donors (Lipinski definition) is 1. The largest absolute Gasteiger partial charge is 0.447 e. The first-order valence-corrected chi connectivity index (χ1v) is 8.95. The van der Waals surface area contributed by atoms with Crippen molar-refractivity contribution in [2.45, 2.75) is 0 Å². The maximum atomic E-state index is 13.0. The fraction of sp³-hybridized carbons (Fsp3) is 0.158. The minimum Gasteiger partial charge on any atom is -0.447 e. The fourth-order valence-electron chi connectivity index (χ4n) is 3.21. The molecule has 7 heteroatoms. The molecule has 1 aliphatic heterocycles. The minimum atomic E-state index is -0.405. The topological polar surface area (TPSA) is 63.6 Å². The lowest BCUT2D eigenvalue weighted by molar-refractivity contribution is 0.101. The van der Waals surface area contributed by atoms with Gasteiger partial charge in [0.05, 0.1) is 22.4 Å². The van der Waals surface area contributed by atoms with E-state index in [0.29, 0.717) is 30.2 Å². The van der Waals surface area contributed by atoms with Crippen LogP contribution < -0.4 is 10.2 Å². The van der Waals surface area contributed by atoms with Crippen LogP contribution in [0.3, 0.4) is 0 Å². The summed E-state index contributed by atoms with van der Waals surface area (Å²) in [5.41, 5.74) is 2.66. The highest BCUT2D eigenvalue weighted by Gasteiger charge is 2.27. The Morgan fingerprint density at radius 3 is 2.62 bits per heavy atom. The van der Waals surface area contributed by atoms with Crippen LogP contribution in [0.1, 0.15) is 10.5 Å². The second kappa shape index (κ2) is 6.49. The van der Waals surface area contributed by atoms with Gasteiger partial charge in [-0.3, -0.25) is 9.69 Å². The average Bonchev–Trinajstić information content (AvgIpc) is 3.18. The third-order valence-corrected chi connectivity index (χ3v) is 5.27. The van der Waals surface area contributed by atoms with Gasteiger partial charge in [-0.1, -0.05) is 30.3 Å². The Balaban J connectivity index is 1.71. The molecule has 0 atom stereocenters. The molecular formula is C19H16BrN3O3. The van der Waals surface area contributed by atoms with Crippen molar-refractivity contribution in [3.63, 3.8) is 0 Å². The normalized spacial score (nSPS) is 13.9. The first-order chi connectivity index (χ1) is 12.6. The van der Waals surface area contributed by atoms with Crippen LogP contribution in [-0.4, -0.2) is 29.7 Å². The molecule has 0 aliphatic carbocycles. The van der Waals surface area contributed by atoms with E-state index < -0.39 is 6.09 Å². The van der Waals surface area contributed by atoms with Gasteiger partial charge < -0.3 is 14.6 Å². The molecule has 6 nitrogen and oxygen atoms in total. The first-order valence-electron chi connectivity index (χ1n) is 8.15. The third kappa shape index (κ3) is 2.64. The number of anilines is 2. The molecule has 1 fully saturated rings. The number of carbonyl (C=O) groups excluding carboxylic acids is 2. The zero-order valence-corrected chi connectivity index (χ0v) is 15.6. The van der Waals surface area contributed by atoms with Crippen molar-refractivity contribution in [1.82, 2.24) is 4.57 Å². The number of ether oxygens (including phenoxy) is 1. The van der Waals surface area contributed by atoms with Gasteiger partial charge in [-0.2, -0.15) is 0 Å². The van der Waals surface area contributed by atoms with E-state index in [1.165, 1.54) is 4.90 Å². The van der Waals surface area contributed by atoms with E-state index in [1.807, 2.05) is 48.0 Å². The van der Waals surface area contributed by atoms with Gasteiger partial charge in [0.1, 0.15) is 12.3 Å². The molecular weight excluding hydrogens is 398 g/mol. The smallest absolute Gasteiger partial charge is 0.414 e. The fourth-order valence-corrected chi connectivity index (χ4v) is 3.99. The summed E-state index contributed by atoms with van der Waals surface area (Å²) in [4.78, 5) is 26.4. The molecule has 2 heterocycles. The molecule has 1 aromatic heterocycles. The molecule has 0 saturated carbocycles. The number of rotatable bonds is 3. The number of amides is 2. The number of aryl methyl sites for hydroxylation is 1. The Bertz CT molecular complexity index is 989. The van der Waals surface area contributed by atoms with Gasteiger partial charge >= 0.3 is 6.09 Å². The maximum absolute atomic E-state index is 13.0. The highest BCUT2D eigenvalue weighted by atomic mass is 79.9. The number of carbonyl (C=O) groups is 2. The summed E-state index contributed by atoms with van der Waals surface area (Å²) in [6.45, 7) is 0.805. The van der Waals surface area contributed by atoms with Gasteiger partial charge in [0.2, 0.25) is 0 Å².